The molecular formula is C45H73NO8SSi. The molecule has 4 atom stereocenters. The van der Waals surface area contributed by atoms with E-state index in [2.05, 4.69) is 58.9 Å². The smallest absolute Gasteiger partial charge is 0.303 e. The van der Waals surface area contributed by atoms with Crippen molar-refractivity contribution in [2.75, 3.05) is 19.7 Å². The van der Waals surface area contributed by atoms with Crippen LogP contribution in [0.15, 0.2) is 60.7 Å². The Labute approximate surface area is 340 Å². The second-order valence-corrected chi connectivity index (χ2v) is 22.9. The summed E-state index contributed by atoms with van der Waals surface area (Å²) in [5.74, 6) is -1.30. The minimum Gasteiger partial charge on any atom is -0.456 e. The molecule has 56 heavy (non-hydrogen) atoms. The van der Waals surface area contributed by atoms with Gasteiger partial charge in [0.1, 0.15) is 6.10 Å². The molecule has 0 spiro atoms. The van der Waals surface area contributed by atoms with Crippen LogP contribution in [-0.2, 0) is 38.2 Å². The molecule has 2 aromatic rings. The highest BCUT2D eigenvalue weighted by Gasteiger charge is 2.58. The summed E-state index contributed by atoms with van der Waals surface area (Å²) in [6.45, 7) is 14.0. The predicted octanol–water partition coefficient (Wildman–Crippen LogP) is 9.06. The van der Waals surface area contributed by atoms with Gasteiger partial charge in [-0.25, -0.2) is 8.42 Å². The summed E-state index contributed by atoms with van der Waals surface area (Å²) < 4.78 is 56.4. The third-order valence-corrected chi connectivity index (χ3v) is 18.0. The lowest BCUT2D eigenvalue weighted by Gasteiger charge is -2.43. The van der Waals surface area contributed by atoms with Crippen molar-refractivity contribution in [2.24, 2.45) is 0 Å². The zero-order valence-corrected chi connectivity index (χ0v) is 37.5. The monoisotopic (exact) mass is 815 g/mol. The molecule has 0 aromatic heterocycles. The quantitative estimate of drug-likeness (QED) is 0.0500. The molecule has 11 heteroatoms. The number of esters is 2. The van der Waals surface area contributed by atoms with Crippen LogP contribution >= 0.6 is 0 Å². The van der Waals surface area contributed by atoms with E-state index in [4.69, 9.17) is 18.6 Å². The van der Waals surface area contributed by atoms with Crippen LogP contribution < -0.4 is 10.4 Å². The number of rotatable bonds is 27. The number of carbonyl (C=O) groups excluding carboxylic acids is 2. The average molecular weight is 816 g/mol. The molecule has 0 radical (unpaired) electrons. The SMILES string of the molecule is CCCCCCCCCCN(CCCCCCCCCC)S(=O)(=O)[C@@H]1O[C@@H](CO[Si](c2ccccc2)(c2ccccc2)C(C)(C)C)[C@H](OC(C)=O)[C@H]1OC(C)=O. The maximum absolute atomic E-state index is 14.8. The number of hydrogen-bond acceptors (Lipinski definition) is 8. The molecule has 316 valence electrons. The summed E-state index contributed by atoms with van der Waals surface area (Å²) in [6, 6.07) is 20.2. The second kappa shape index (κ2) is 24.4. The van der Waals surface area contributed by atoms with E-state index in [1.807, 2.05) is 36.4 Å². The van der Waals surface area contributed by atoms with Crippen LogP contribution in [0, 0.1) is 0 Å². The Morgan fingerprint density at radius 2 is 1.04 bits per heavy atom. The fourth-order valence-electron chi connectivity index (χ4n) is 8.04. The molecule has 0 amide bonds. The molecule has 9 nitrogen and oxygen atoms in total. The highest BCUT2D eigenvalue weighted by Crippen LogP contribution is 2.39. The summed E-state index contributed by atoms with van der Waals surface area (Å²) in [4.78, 5) is 25.3. The Bertz CT molecular complexity index is 1460. The van der Waals surface area contributed by atoms with Gasteiger partial charge < -0.3 is 18.6 Å². The zero-order valence-electron chi connectivity index (χ0n) is 35.6. The highest BCUT2D eigenvalue weighted by molar-refractivity contribution is 7.89. The molecule has 0 N–H and O–H groups in total. The van der Waals surface area contributed by atoms with Gasteiger partial charge in [-0.15, -0.1) is 0 Å². The highest BCUT2D eigenvalue weighted by atomic mass is 32.2. The van der Waals surface area contributed by atoms with Gasteiger partial charge in [0.25, 0.3) is 8.32 Å². The van der Waals surface area contributed by atoms with Crippen molar-refractivity contribution in [2.45, 2.75) is 180 Å². The topological polar surface area (TPSA) is 108 Å². The van der Waals surface area contributed by atoms with Crippen LogP contribution in [0.25, 0.3) is 0 Å². The first-order valence-corrected chi connectivity index (χ1v) is 24.9. The number of carbonyl (C=O) groups is 2. The average Bonchev–Trinajstić information content (AvgIpc) is 3.49. The van der Waals surface area contributed by atoms with E-state index in [1.165, 1.54) is 65.2 Å². The lowest BCUT2D eigenvalue weighted by atomic mass is 10.1. The molecule has 0 saturated carbocycles. The fraction of sp³-hybridized carbons (Fsp3) is 0.689. The van der Waals surface area contributed by atoms with Crippen molar-refractivity contribution in [3.05, 3.63) is 60.7 Å². The Morgan fingerprint density at radius 1 is 0.643 bits per heavy atom. The van der Waals surface area contributed by atoms with Gasteiger partial charge in [0.15, 0.2) is 12.2 Å². The van der Waals surface area contributed by atoms with Crippen LogP contribution in [-0.4, -0.2) is 76.4 Å². The van der Waals surface area contributed by atoms with E-state index in [9.17, 15) is 18.0 Å². The van der Waals surface area contributed by atoms with Crippen molar-refractivity contribution in [1.82, 2.24) is 4.31 Å². The Morgan fingerprint density at radius 3 is 1.43 bits per heavy atom. The maximum Gasteiger partial charge on any atom is 0.303 e. The molecule has 2 aromatic carbocycles. The molecule has 0 bridgehead atoms. The van der Waals surface area contributed by atoms with E-state index in [0.717, 1.165) is 61.7 Å². The minimum absolute atomic E-state index is 0.0783. The number of sulfonamides is 1. The molecule has 1 saturated heterocycles. The van der Waals surface area contributed by atoms with Gasteiger partial charge >= 0.3 is 11.9 Å². The summed E-state index contributed by atoms with van der Waals surface area (Å²) in [5, 5.41) is 1.72. The normalized spacial score (nSPS) is 19.0. The molecule has 1 aliphatic rings. The summed E-state index contributed by atoms with van der Waals surface area (Å²) >= 11 is 0. The van der Waals surface area contributed by atoms with Gasteiger partial charge in [-0.1, -0.05) is 185 Å². The van der Waals surface area contributed by atoms with E-state index in [1.54, 1.807) is 4.31 Å². The first kappa shape index (κ1) is 47.8. The Hall–Kier alpha value is -2.57. The van der Waals surface area contributed by atoms with Crippen LogP contribution in [0.2, 0.25) is 5.04 Å². The molecule has 1 heterocycles. The van der Waals surface area contributed by atoms with E-state index in [0.29, 0.717) is 13.1 Å². The maximum atomic E-state index is 14.8. The van der Waals surface area contributed by atoms with E-state index in [-0.39, 0.29) is 11.6 Å². The van der Waals surface area contributed by atoms with Crippen molar-refractivity contribution in [3.63, 3.8) is 0 Å². The molecular weight excluding hydrogens is 743 g/mol. The number of unbranched alkanes of at least 4 members (excludes halogenated alkanes) is 14. The molecule has 1 fully saturated rings. The van der Waals surface area contributed by atoms with Crippen molar-refractivity contribution >= 4 is 40.7 Å². The number of hydrogen-bond donors (Lipinski definition) is 0. The van der Waals surface area contributed by atoms with Crippen LogP contribution in [0.4, 0.5) is 0 Å². The van der Waals surface area contributed by atoms with E-state index >= 15 is 0 Å². The third-order valence-electron chi connectivity index (χ3n) is 10.9. The summed E-state index contributed by atoms with van der Waals surface area (Å²) in [6.07, 6.45) is 13.9. The Kier molecular flexibility index (Phi) is 20.8. The summed E-state index contributed by atoms with van der Waals surface area (Å²) in [5.41, 5.74) is -1.56. The van der Waals surface area contributed by atoms with Crippen LogP contribution in [0.5, 0.6) is 0 Å². The fourth-order valence-corrected chi connectivity index (χ4v) is 14.5. The van der Waals surface area contributed by atoms with Gasteiger partial charge in [-0.05, 0) is 28.3 Å². The first-order valence-electron chi connectivity index (χ1n) is 21.5. The lowest BCUT2D eigenvalue weighted by Crippen LogP contribution is -2.67. The molecule has 0 unspecified atom stereocenters. The minimum atomic E-state index is -4.19. The van der Waals surface area contributed by atoms with Crippen molar-refractivity contribution in [3.8, 4) is 0 Å². The summed E-state index contributed by atoms with van der Waals surface area (Å²) in [7, 11) is -7.29. The Balaban J connectivity index is 1.94. The number of ether oxygens (including phenoxy) is 3. The van der Waals surface area contributed by atoms with Crippen LogP contribution in [0.3, 0.4) is 0 Å². The zero-order chi connectivity index (χ0) is 41.0. The third kappa shape index (κ3) is 14.1. The standard InChI is InChI=1S/C45H73NO8SSi/c1-8-10-12-14-16-18-20-28-34-46(35-29-21-19-17-15-13-11-9-2)55(49,50)44-43(53-38(4)48)42(52-37(3)47)41(54-44)36-51-56(45(5,6)7,39-30-24-22-25-31-39)40-32-26-23-27-33-40/h22-27,30-33,41-44H,8-21,28-29,34-36H2,1-7H3/t41-,42-,43+,44-/m0/s1. The predicted molar refractivity (Wildman–Crippen MR) is 229 cm³/mol. The number of nitrogens with zero attached hydrogens (tertiary/aromatic N) is 1. The molecule has 3 rings (SSSR count). The number of benzene rings is 2. The molecule has 1 aliphatic heterocycles. The van der Waals surface area contributed by atoms with Gasteiger partial charge in [0.05, 0.1) is 6.61 Å². The molecule has 0 aliphatic carbocycles. The van der Waals surface area contributed by atoms with E-state index < -0.39 is 54.0 Å². The van der Waals surface area contributed by atoms with Gasteiger partial charge in [-0.2, -0.15) is 4.31 Å². The lowest BCUT2D eigenvalue weighted by molar-refractivity contribution is -0.163. The van der Waals surface area contributed by atoms with Crippen LogP contribution in [0.1, 0.15) is 151 Å². The van der Waals surface area contributed by atoms with Crippen molar-refractivity contribution in [1.29, 1.82) is 0 Å². The van der Waals surface area contributed by atoms with Gasteiger partial charge in [0.2, 0.25) is 15.5 Å². The largest absolute Gasteiger partial charge is 0.456 e. The van der Waals surface area contributed by atoms with Gasteiger partial charge in [0, 0.05) is 26.9 Å². The van der Waals surface area contributed by atoms with Gasteiger partial charge in [-0.3, -0.25) is 9.59 Å². The van der Waals surface area contributed by atoms with Crippen molar-refractivity contribution < 1.29 is 36.6 Å². The first-order chi connectivity index (χ1) is 26.8. The second-order valence-electron chi connectivity index (χ2n) is 16.6.